The van der Waals surface area contributed by atoms with E-state index in [1.54, 1.807) is 0 Å². The van der Waals surface area contributed by atoms with E-state index < -0.39 is 5.54 Å². The molecule has 1 aromatic rings. The van der Waals surface area contributed by atoms with Crippen LogP contribution >= 0.6 is 11.8 Å². The summed E-state index contributed by atoms with van der Waals surface area (Å²) in [6.45, 7) is 7.50. The Morgan fingerprint density at radius 1 is 1.29 bits per heavy atom. The molecule has 0 aliphatic carbocycles. The maximum absolute atomic E-state index is 12.0. The molecule has 0 saturated heterocycles. The number of benzene rings is 1. The van der Waals surface area contributed by atoms with Gasteiger partial charge < -0.3 is 16.4 Å². The second-order valence-electron chi connectivity index (χ2n) is 5.67. The summed E-state index contributed by atoms with van der Waals surface area (Å²) in [6.07, 6.45) is 0. The molecule has 21 heavy (non-hydrogen) atoms. The zero-order valence-corrected chi connectivity index (χ0v) is 13.7. The smallest absolute Gasteiger partial charge is 0.233 e. The van der Waals surface area contributed by atoms with Gasteiger partial charge in [0.2, 0.25) is 11.8 Å². The highest BCUT2D eigenvalue weighted by atomic mass is 32.2. The second-order valence-corrected chi connectivity index (χ2v) is 7.09. The summed E-state index contributed by atoms with van der Waals surface area (Å²) < 4.78 is 0. The fourth-order valence-corrected chi connectivity index (χ4v) is 2.43. The van der Waals surface area contributed by atoms with Gasteiger partial charge in [0.05, 0.1) is 5.25 Å². The highest BCUT2D eigenvalue weighted by Crippen LogP contribution is 2.24. The molecule has 5 nitrogen and oxygen atoms in total. The lowest BCUT2D eigenvalue weighted by molar-refractivity contribution is -0.120. The van der Waals surface area contributed by atoms with Crippen molar-refractivity contribution < 1.29 is 9.59 Å². The third-order valence-corrected chi connectivity index (χ3v) is 3.69. The third-order valence-electron chi connectivity index (χ3n) is 2.58. The van der Waals surface area contributed by atoms with Crippen molar-refractivity contribution in [3.8, 4) is 0 Å². The van der Waals surface area contributed by atoms with Crippen molar-refractivity contribution in [2.24, 2.45) is 5.73 Å². The summed E-state index contributed by atoms with van der Waals surface area (Å²) in [7, 11) is 0. The quantitative estimate of drug-likeness (QED) is 0.702. The predicted molar refractivity (Wildman–Crippen MR) is 87.3 cm³/mol. The Kier molecular flexibility index (Phi) is 6.23. The number of thioether (sulfide) groups is 1. The van der Waals surface area contributed by atoms with Crippen LogP contribution in [0.4, 0.5) is 5.69 Å². The summed E-state index contributed by atoms with van der Waals surface area (Å²) in [5.41, 5.74) is 6.16. The maximum Gasteiger partial charge on any atom is 0.233 e. The molecule has 0 aromatic heterocycles. The van der Waals surface area contributed by atoms with Crippen LogP contribution in [-0.4, -0.2) is 29.1 Å². The van der Waals surface area contributed by atoms with E-state index >= 15 is 0 Å². The number of nitrogens with one attached hydrogen (secondary N) is 2. The monoisotopic (exact) mass is 309 g/mol. The summed E-state index contributed by atoms with van der Waals surface area (Å²) in [6, 6.07) is 7.40. The molecule has 0 radical (unpaired) electrons. The van der Waals surface area contributed by atoms with E-state index in [1.807, 2.05) is 45.0 Å². The Morgan fingerprint density at radius 3 is 2.33 bits per heavy atom. The van der Waals surface area contributed by atoms with Crippen LogP contribution in [0.25, 0.3) is 0 Å². The van der Waals surface area contributed by atoms with Crippen molar-refractivity contribution in [1.29, 1.82) is 0 Å². The van der Waals surface area contributed by atoms with Gasteiger partial charge in [-0.2, -0.15) is 0 Å². The largest absolute Gasteiger partial charge is 0.353 e. The first kappa shape index (κ1) is 17.5. The van der Waals surface area contributed by atoms with E-state index in [0.717, 1.165) is 10.6 Å². The normalized spacial score (nSPS) is 12.6. The first-order valence-corrected chi connectivity index (χ1v) is 7.66. The van der Waals surface area contributed by atoms with Crippen LogP contribution in [0.2, 0.25) is 0 Å². The molecule has 0 fully saturated rings. The van der Waals surface area contributed by atoms with Crippen LogP contribution in [0.15, 0.2) is 29.2 Å². The molecule has 1 unspecified atom stereocenters. The molecule has 0 spiro atoms. The van der Waals surface area contributed by atoms with Gasteiger partial charge in [0, 0.05) is 29.6 Å². The van der Waals surface area contributed by atoms with Gasteiger partial charge in [-0.1, -0.05) is 0 Å². The maximum atomic E-state index is 12.0. The first-order chi connectivity index (χ1) is 9.67. The van der Waals surface area contributed by atoms with Gasteiger partial charge in [-0.3, -0.25) is 9.59 Å². The summed E-state index contributed by atoms with van der Waals surface area (Å²) in [5, 5.41) is 5.33. The molecular weight excluding hydrogens is 286 g/mol. The summed E-state index contributed by atoms with van der Waals surface area (Å²) >= 11 is 1.46. The van der Waals surface area contributed by atoms with Gasteiger partial charge in [-0.05, 0) is 45.0 Å². The Morgan fingerprint density at radius 2 is 1.86 bits per heavy atom. The van der Waals surface area contributed by atoms with E-state index in [2.05, 4.69) is 10.6 Å². The molecule has 1 aromatic carbocycles. The van der Waals surface area contributed by atoms with Gasteiger partial charge >= 0.3 is 0 Å². The number of hydrogen-bond donors (Lipinski definition) is 3. The average molecular weight is 309 g/mol. The van der Waals surface area contributed by atoms with E-state index in [-0.39, 0.29) is 17.1 Å². The Labute approximate surface area is 130 Å². The summed E-state index contributed by atoms with van der Waals surface area (Å²) in [5.74, 6) is -0.142. The third kappa shape index (κ3) is 7.15. The van der Waals surface area contributed by atoms with Crippen molar-refractivity contribution >= 4 is 29.3 Å². The predicted octanol–water partition coefficient (Wildman–Crippen LogP) is 1.98. The molecule has 4 N–H and O–H groups in total. The molecule has 1 rings (SSSR count). The number of nitrogens with two attached hydrogens (primary N) is 1. The van der Waals surface area contributed by atoms with Gasteiger partial charge in [-0.25, -0.2) is 0 Å². The Balaban J connectivity index is 2.52. The zero-order valence-electron chi connectivity index (χ0n) is 12.9. The molecule has 0 aliphatic rings. The van der Waals surface area contributed by atoms with Crippen LogP contribution in [-0.2, 0) is 9.59 Å². The number of anilines is 1. The molecule has 6 heteroatoms. The number of carbonyl (C=O) groups is 2. The minimum Gasteiger partial charge on any atom is -0.353 e. The minimum absolute atomic E-state index is 0.0375. The van der Waals surface area contributed by atoms with E-state index in [4.69, 9.17) is 5.73 Å². The first-order valence-electron chi connectivity index (χ1n) is 6.78. The number of hydrogen-bond acceptors (Lipinski definition) is 4. The van der Waals surface area contributed by atoms with Crippen LogP contribution in [0, 0.1) is 0 Å². The Bertz CT molecular complexity index is 495. The van der Waals surface area contributed by atoms with Gasteiger partial charge in [0.25, 0.3) is 0 Å². The lowest BCUT2D eigenvalue weighted by Gasteiger charge is -2.20. The van der Waals surface area contributed by atoms with E-state index in [1.165, 1.54) is 18.7 Å². The van der Waals surface area contributed by atoms with Gasteiger partial charge in [0.15, 0.2) is 0 Å². The lowest BCUT2D eigenvalue weighted by Crippen LogP contribution is -2.46. The molecule has 2 amide bonds. The molecular formula is C15H23N3O2S. The van der Waals surface area contributed by atoms with Gasteiger partial charge in [0.1, 0.15) is 0 Å². The van der Waals surface area contributed by atoms with Crippen molar-refractivity contribution in [3.05, 3.63) is 24.3 Å². The second kappa shape index (κ2) is 7.47. The van der Waals surface area contributed by atoms with Crippen LogP contribution in [0.1, 0.15) is 27.7 Å². The van der Waals surface area contributed by atoms with Crippen LogP contribution < -0.4 is 16.4 Å². The van der Waals surface area contributed by atoms with Crippen LogP contribution in [0.5, 0.6) is 0 Å². The van der Waals surface area contributed by atoms with Crippen LogP contribution in [0.3, 0.4) is 0 Å². The molecule has 0 saturated carbocycles. The number of rotatable bonds is 6. The van der Waals surface area contributed by atoms with Crippen molar-refractivity contribution in [2.45, 2.75) is 43.4 Å². The molecule has 0 bridgehead atoms. The molecule has 1 atom stereocenters. The number of carbonyl (C=O) groups excluding carboxylic acids is 2. The van der Waals surface area contributed by atoms with Crippen molar-refractivity contribution in [2.75, 3.05) is 11.9 Å². The minimum atomic E-state index is -0.417. The Hall–Kier alpha value is -1.53. The number of amides is 2. The van der Waals surface area contributed by atoms with Crippen molar-refractivity contribution in [3.63, 3.8) is 0 Å². The summed E-state index contributed by atoms with van der Waals surface area (Å²) in [4.78, 5) is 23.9. The molecule has 0 aliphatic heterocycles. The fourth-order valence-electron chi connectivity index (χ4n) is 1.54. The highest BCUT2D eigenvalue weighted by molar-refractivity contribution is 8.00. The highest BCUT2D eigenvalue weighted by Gasteiger charge is 2.17. The van der Waals surface area contributed by atoms with Gasteiger partial charge in [-0.15, -0.1) is 11.8 Å². The standard InChI is InChI=1S/C15H23N3O2S/c1-10(14(20)17-9-15(3,4)16)21-13-7-5-12(6-8-13)18-11(2)19/h5-8,10H,9,16H2,1-4H3,(H,17,20)(H,18,19). The van der Waals surface area contributed by atoms with E-state index in [0.29, 0.717) is 6.54 Å². The molecule has 0 heterocycles. The zero-order chi connectivity index (χ0) is 16.0. The fraction of sp³-hybridized carbons (Fsp3) is 0.467. The molecule has 116 valence electrons. The van der Waals surface area contributed by atoms with E-state index in [9.17, 15) is 9.59 Å². The SMILES string of the molecule is CC(=O)Nc1ccc(SC(C)C(=O)NCC(C)(C)N)cc1. The van der Waals surface area contributed by atoms with Crippen molar-refractivity contribution in [1.82, 2.24) is 5.32 Å². The lowest BCUT2D eigenvalue weighted by atomic mass is 10.1. The average Bonchev–Trinajstić information content (AvgIpc) is 2.36. The topological polar surface area (TPSA) is 84.2 Å².